The number of aliphatic hydroxyl groups excluding tert-OH is 1. The van der Waals surface area contributed by atoms with E-state index in [0.717, 1.165) is 24.8 Å². The fourth-order valence-electron chi connectivity index (χ4n) is 1.81. The van der Waals surface area contributed by atoms with Gasteiger partial charge in [-0.15, -0.1) is 0 Å². The fourth-order valence-corrected chi connectivity index (χ4v) is 1.81. The molecule has 0 saturated heterocycles. The van der Waals surface area contributed by atoms with Crippen molar-refractivity contribution in [2.75, 3.05) is 0 Å². The standard InChI is InChI=1S/C13H18O/c1-3-10-4-6-11(7-5-10)12(14)13(2)8-9-13/h4-7,12,14H,3,8-9H2,1-2H3. The lowest BCUT2D eigenvalue weighted by molar-refractivity contribution is 0.104. The molecule has 1 aromatic rings. The van der Waals surface area contributed by atoms with Crippen LogP contribution < -0.4 is 0 Å². The lowest BCUT2D eigenvalue weighted by atomic mass is 9.94. The first-order valence-electron chi connectivity index (χ1n) is 5.42. The molecule has 0 heterocycles. The monoisotopic (exact) mass is 190 g/mol. The lowest BCUT2D eigenvalue weighted by Crippen LogP contribution is -2.09. The van der Waals surface area contributed by atoms with E-state index in [4.69, 9.17) is 0 Å². The van der Waals surface area contributed by atoms with Crippen molar-refractivity contribution in [3.05, 3.63) is 35.4 Å². The first kappa shape index (κ1) is 9.72. The second-order valence-electron chi connectivity index (χ2n) is 4.65. The van der Waals surface area contributed by atoms with Gasteiger partial charge < -0.3 is 5.11 Å². The molecule has 1 aliphatic carbocycles. The maximum absolute atomic E-state index is 10.1. The van der Waals surface area contributed by atoms with Gasteiger partial charge in [0.05, 0.1) is 6.10 Å². The molecule has 1 fully saturated rings. The first-order chi connectivity index (χ1) is 6.65. The summed E-state index contributed by atoms with van der Waals surface area (Å²) < 4.78 is 0. The average Bonchev–Trinajstić information content (AvgIpc) is 2.97. The smallest absolute Gasteiger partial charge is 0.0843 e. The van der Waals surface area contributed by atoms with Crippen molar-refractivity contribution in [3.63, 3.8) is 0 Å². The minimum Gasteiger partial charge on any atom is -0.388 e. The quantitative estimate of drug-likeness (QED) is 0.776. The summed E-state index contributed by atoms with van der Waals surface area (Å²) in [6.07, 6.45) is 3.11. The van der Waals surface area contributed by atoms with Gasteiger partial charge in [-0.1, -0.05) is 38.1 Å². The Morgan fingerprint density at radius 1 is 1.29 bits per heavy atom. The van der Waals surface area contributed by atoms with E-state index in [2.05, 4.69) is 38.1 Å². The summed E-state index contributed by atoms with van der Waals surface area (Å²) in [5.74, 6) is 0. The van der Waals surface area contributed by atoms with Gasteiger partial charge in [0.25, 0.3) is 0 Å². The number of hydrogen-bond acceptors (Lipinski definition) is 1. The van der Waals surface area contributed by atoms with Crippen LogP contribution in [-0.4, -0.2) is 5.11 Å². The zero-order valence-electron chi connectivity index (χ0n) is 8.96. The van der Waals surface area contributed by atoms with Crippen molar-refractivity contribution in [1.29, 1.82) is 0 Å². The third-order valence-electron chi connectivity index (χ3n) is 3.40. The Kier molecular flexibility index (Phi) is 2.36. The molecule has 1 atom stereocenters. The molecular formula is C13H18O. The molecule has 1 nitrogen and oxygen atoms in total. The number of benzene rings is 1. The van der Waals surface area contributed by atoms with Crippen molar-refractivity contribution in [2.24, 2.45) is 5.41 Å². The van der Waals surface area contributed by atoms with E-state index >= 15 is 0 Å². The highest BCUT2D eigenvalue weighted by Gasteiger charge is 2.44. The van der Waals surface area contributed by atoms with Crippen LogP contribution in [0, 0.1) is 5.41 Å². The molecule has 76 valence electrons. The van der Waals surface area contributed by atoms with E-state index in [9.17, 15) is 5.11 Å². The summed E-state index contributed by atoms with van der Waals surface area (Å²) in [6, 6.07) is 8.36. The van der Waals surface area contributed by atoms with Gasteiger partial charge in [-0.3, -0.25) is 0 Å². The molecule has 1 N–H and O–H groups in total. The molecule has 1 saturated carbocycles. The van der Waals surface area contributed by atoms with E-state index in [1.54, 1.807) is 0 Å². The Hall–Kier alpha value is -0.820. The van der Waals surface area contributed by atoms with Crippen LogP contribution in [0.1, 0.15) is 43.9 Å². The zero-order valence-corrected chi connectivity index (χ0v) is 8.96. The van der Waals surface area contributed by atoms with Gasteiger partial charge in [-0.05, 0) is 35.8 Å². The zero-order chi connectivity index (χ0) is 10.2. The van der Waals surface area contributed by atoms with E-state index in [0.29, 0.717) is 0 Å². The third kappa shape index (κ3) is 1.69. The maximum atomic E-state index is 10.1. The van der Waals surface area contributed by atoms with Gasteiger partial charge >= 0.3 is 0 Å². The van der Waals surface area contributed by atoms with Crippen molar-refractivity contribution < 1.29 is 5.11 Å². The molecule has 1 heteroatoms. The van der Waals surface area contributed by atoms with Crippen LogP contribution in [0.3, 0.4) is 0 Å². The highest BCUT2D eigenvalue weighted by atomic mass is 16.3. The molecule has 0 amide bonds. The Morgan fingerprint density at radius 3 is 2.29 bits per heavy atom. The first-order valence-corrected chi connectivity index (χ1v) is 5.42. The Labute approximate surface area is 85.8 Å². The Morgan fingerprint density at radius 2 is 1.86 bits per heavy atom. The lowest BCUT2D eigenvalue weighted by Gasteiger charge is -2.17. The van der Waals surface area contributed by atoms with Gasteiger partial charge in [0.15, 0.2) is 0 Å². The van der Waals surface area contributed by atoms with Crippen molar-refractivity contribution >= 4 is 0 Å². The normalized spacial score (nSPS) is 20.5. The number of rotatable bonds is 3. The molecule has 0 bridgehead atoms. The van der Waals surface area contributed by atoms with Gasteiger partial charge in [0.2, 0.25) is 0 Å². The summed E-state index contributed by atoms with van der Waals surface area (Å²) in [4.78, 5) is 0. The van der Waals surface area contributed by atoms with Crippen molar-refractivity contribution in [1.82, 2.24) is 0 Å². The summed E-state index contributed by atoms with van der Waals surface area (Å²) in [7, 11) is 0. The van der Waals surface area contributed by atoms with Crippen molar-refractivity contribution in [3.8, 4) is 0 Å². The van der Waals surface area contributed by atoms with E-state index in [-0.39, 0.29) is 11.5 Å². The maximum Gasteiger partial charge on any atom is 0.0843 e. The molecule has 1 aliphatic rings. The largest absolute Gasteiger partial charge is 0.388 e. The molecule has 14 heavy (non-hydrogen) atoms. The number of aryl methyl sites for hydroxylation is 1. The second kappa shape index (κ2) is 3.39. The minimum atomic E-state index is -0.270. The minimum absolute atomic E-state index is 0.160. The summed E-state index contributed by atoms with van der Waals surface area (Å²) in [5.41, 5.74) is 2.57. The van der Waals surface area contributed by atoms with Gasteiger partial charge in [0, 0.05) is 0 Å². The predicted molar refractivity (Wildman–Crippen MR) is 58.1 cm³/mol. The summed E-state index contributed by atoms with van der Waals surface area (Å²) in [5, 5.41) is 10.1. The molecular weight excluding hydrogens is 172 g/mol. The van der Waals surface area contributed by atoms with Crippen LogP contribution in [-0.2, 0) is 6.42 Å². The molecule has 0 aromatic heterocycles. The summed E-state index contributed by atoms with van der Waals surface area (Å²) >= 11 is 0. The molecule has 0 radical (unpaired) electrons. The van der Waals surface area contributed by atoms with Crippen LogP contribution in [0.2, 0.25) is 0 Å². The van der Waals surface area contributed by atoms with Crippen LogP contribution >= 0.6 is 0 Å². The second-order valence-corrected chi connectivity index (χ2v) is 4.65. The average molecular weight is 190 g/mol. The number of hydrogen-bond donors (Lipinski definition) is 1. The van der Waals surface area contributed by atoms with Crippen LogP contribution in [0.4, 0.5) is 0 Å². The van der Waals surface area contributed by atoms with Crippen LogP contribution in [0.25, 0.3) is 0 Å². The van der Waals surface area contributed by atoms with Crippen molar-refractivity contribution in [2.45, 2.75) is 39.2 Å². The summed E-state index contributed by atoms with van der Waals surface area (Å²) in [6.45, 7) is 4.30. The predicted octanol–water partition coefficient (Wildman–Crippen LogP) is 3.08. The highest BCUT2D eigenvalue weighted by Crippen LogP contribution is 2.54. The number of aliphatic hydroxyl groups is 1. The van der Waals surface area contributed by atoms with Crippen LogP contribution in [0.5, 0.6) is 0 Å². The van der Waals surface area contributed by atoms with Gasteiger partial charge in [0.1, 0.15) is 0 Å². The fraction of sp³-hybridized carbons (Fsp3) is 0.538. The highest BCUT2D eigenvalue weighted by molar-refractivity contribution is 5.26. The van der Waals surface area contributed by atoms with E-state index < -0.39 is 0 Å². The van der Waals surface area contributed by atoms with E-state index in [1.807, 2.05) is 0 Å². The third-order valence-corrected chi connectivity index (χ3v) is 3.40. The molecule has 0 spiro atoms. The van der Waals surface area contributed by atoms with E-state index in [1.165, 1.54) is 5.56 Å². The SMILES string of the molecule is CCc1ccc(C(O)C2(C)CC2)cc1. The molecule has 0 aliphatic heterocycles. The van der Waals surface area contributed by atoms with Crippen LogP contribution in [0.15, 0.2) is 24.3 Å². The van der Waals surface area contributed by atoms with Gasteiger partial charge in [-0.2, -0.15) is 0 Å². The Balaban J connectivity index is 2.16. The van der Waals surface area contributed by atoms with Gasteiger partial charge in [-0.25, -0.2) is 0 Å². The molecule has 1 unspecified atom stereocenters. The Bertz CT molecular complexity index is 309. The molecule has 1 aromatic carbocycles. The topological polar surface area (TPSA) is 20.2 Å². The molecule has 2 rings (SSSR count).